The zero-order valence-corrected chi connectivity index (χ0v) is 20.2. The average molecular weight is 489 g/mol. The van der Waals surface area contributed by atoms with E-state index in [2.05, 4.69) is 9.98 Å². The zero-order chi connectivity index (χ0) is 23.9. The van der Waals surface area contributed by atoms with Crippen molar-refractivity contribution in [1.29, 1.82) is 0 Å². The number of aliphatic imine (C=N–C) groups is 2. The van der Waals surface area contributed by atoms with Crippen LogP contribution in [0.15, 0.2) is 94.9 Å². The van der Waals surface area contributed by atoms with Gasteiger partial charge in [-0.15, -0.1) is 0 Å². The molecule has 0 radical (unpaired) electrons. The van der Waals surface area contributed by atoms with Gasteiger partial charge in [-0.2, -0.15) is 0 Å². The highest BCUT2D eigenvalue weighted by molar-refractivity contribution is 6.34. The molecule has 0 fully saturated rings. The highest BCUT2D eigenvalue weighted by Gasteiger charge is 2.06. The molecule has 4 aromatic rings. The van der Waals surface area contributed by atoms with Crippen molar-refractivity contribution in [3.05, 3.63) is 106 Å². The van der Waals surface area contributed by atoms with Crippen molar-refractivity contribution in [3.8, 4) is 22.6 Å². The fourth-order valence-electron chi connectivity index (χ4n) is 3.25. The van der Waals surface area contributed by atoms with Gasteiger partial charge in [-0.05, 0) is 95.1 Å². The molecule has 0 aliphatic carbocycles. The van der Waals surface area contributed by atoms with Crippen LogP contribution < -0.4 is 9.47 Å². The molecule has 0 atom stereocenters. The second-order valence-corrected chi connectivity index (χ2v) is 8.21. The van der Waals surface area contributed by atoms with Crippen LogP contribution in [-0.4, -0.2) is 26.6 Å². The van der Waals surface area contributed by atoms with Crippen LogP contribution in [0.25, 0.3) is 11.1 Å². The fourth-order valence-corrected chi connectivity index (χ4v) is 3.71. The Labute approximate surface area is 209 Å². The Morgan fingerprint density at radius 2 is 0.941 bits per heavy atom. The van der Waals surface area contributed by atoms with Crippen molar-refractivity contribution < 1.29 is 9.47 Å². The monoisotopic (exact) mass is 488 g/mol. The first-order valence-electron chi connectivity index (χ1n) is 10.5. The first kappa shape index (κ1) is 23.6. The second kappa shape index (κ2) is 11.0. The fraction of sp³-hybridized carbons (Fsp3) is 0.0714. The molecule has 0 aliphatic heterocycles. The largest absolute Gasteiger partial charge is 0.497 e. The van der Waals surface area contributed by atoms with Gasteiger partial charge < -0.3 is 9.47 Å². The maximum Gasteiger partial charge on any atom is 0.118 e. The number of rotatable bonds is 7. The summed E-state index contributed by atoms with van der Waals surface area (Å²) in [6.07, 6.45) is 3.54. The summed E-state index contributed by atoms with van der Waals surface area (Å²) in [5, 5.41) is 1.11. The van der Waals surface area contributed by atoms with Gasteiger partial charge in [-0.25, -0.2) is 0 Å². The van der Waals surface area contributed by atoms with Gasteiger partial charge >= 0.3 is 0 Å². The zero-order valence-electron chi connectivity index (χ0n) is 18.7. The van der Waals surface area contributed by atoms with Gasteiger partial charge in [-0.1, -0.05) is 35.3 Å². The molecule has 6 heteroatoms. The summed E-state index contributed by atoms with van der Waals surface area (Å²) in [5.74, 6) is 1.60. The third kappa shape index (κ3) is 5.84. The normalized spacial score (nSPS) is 11.3. The summed E-state index contributed by atoms with van der Waals surface area (Å²) in [6, 6.07) is 26.8. The van der Waals surface area contributed by atoms with E-state index in [-0.39, 0.29) is 0 Å². The minimum Gasteiger partial charge on any atom is -0.497 e. The first-order valence-corrected chi connectivity index (χ1v) is 11.3. The van der Waals surface area contributed by atoms with E-state index in [1.807, 2.05) is 84.9 Å². The van der Waals surface area contributed by atoms with E-state index >= 15 is 0 Å². The molecule has 4 aromatic carbocycles. The molecule has 0 heterocycles. The van der Waals surface area contributed by atoms with Crippen LogP contribution in [-0.2, 0) is 0 Å². The summed E-state index contributed by atoms with van der Waals surface area (Å²) >= 11 is 13.0. The van der Waals surface area contributed by atoms with Crippen LogP contribution in [0, 0.1) is 0 Å². The van der Waals surface area contributed by atoms with Gasteiger partial charge in [0.05, 0.1) is 35.6 Å². The van der Waals surface area contributed by atoms with Gasteiger partial charge in [0.2, 0.25) is 0 Å². The summed E-state index contributed by atoms with van der Waals surface area (Å²) in [7, 11) is 3.28. The lowest BCUT2D eigenvalue weighted by molar-refractivity contribution is 0.414. The highest BCUT2D eigenvalue weighted by atomic mass is 35.5. The molecule has 0 bridgehead atoms. The Balaban J connectivity index is 1.49. The van der Waals surface area contributed by atoms with Crippen LogP contribution >= 0.6 is 23.2 Å². The average Bonchev–Trinajstić information content (AvgIpc) is 2.88. The Bertz CT molecular complexity index is 1230. The Morgan fingerprint density at radius 3 is 1.26 bits per heavy atom. The van der Waals surface area contributed by atoms with E-state index in [9.17, 15) is 0 Å². The molecule has 0 aliphatic rings. The van der Waals surface area contributed by atoms with Crippen molar-refractivity contribution in [2.24, 2.45) is 9.98 Å². The molecule has 0 saturated carbocycles. The number of benzene rings is 4. The number of hydrogen-bond acceptors (Lipinski definition) is 4. The lowest BCUT2D eigenvalue weighted by Gasteiger charge is -2.07. The number of hydrogen-bond donors (Lipinski definition) is 0. The second-order valence-electron chi connectivity index (χ2n) is 7.40. The van der Waals surface area contributed by atoms with Gasteiger partial charge in [0.25, 0.3) is 0 Å². The summed E-state index contributed by atoms with van der Waals surface area (Å²) in [6.45, 7) is 0. The molecule has 170 valence electrons. The maximum absolute atomic E-state index is 6.50. The Morgan fingerprint density at radius 1 is 0.559 bits per heavy atom. The van der Waals surface area contributed by atoms with Gasteiger partial charge in [0.15, 0.2) is 0 Å². The Hall–Kier alpha value is -3.60. The van der Waals surface area contributed by atoms with Gasteiger partial charge in [0, 0.05) is 12.4 Å². The predicted octanol–water partition coefficient (Wildman–Crippen LogP) is 8.18. The summed E-state index contributed by atoms with van der Waals surface area (Å²) < 4.78 is 10.4. The highest BCUT2D eigenvalue weighted by Crippen LogP contribution is 2.34. The molecule has 0 aromatic heterocycles. The van der Waals surface area contributed by atoms with Crippen LogP contribution in [0.2, 0.25) is 10.0 Å². The van der Waals surface area contributed by atoms with Gasteiger partial charge in [-0.3, -0.25) is 9.98 Å². The smallest absolute Gasteiger partial charge is 0.118 e. The quantitative estimate of drug-likeness (QED) is 0.246. The number of halogens is 2. The number of ether oxygens (including phenoxy) is 2. The molecule has 4 nitrogen and oxygen atoms in total. The first-order chi connectivity index (χ1) is 16.6. The third-order valence-electron chi connectivity index (χ3n) is 5.17. The van der Waals surface area contributed by atoms with E-state index < -0.39 is 0 Å². The van der Waals surface area contributed by atoms with Crippen molar-refractivity contribution >= 4 is 47.0 Å². The molecule has 0 unspecified atom stereocenters. The van der Waals surface area contributed by atoms with E-state index in [4.69, 9.17) is 32.7 Å². The minimum absolute atomic E-state index is 0.556. The van der Waals surface area contributed by atoms with Crippen LogP contribution in [0.3, 0.4) is 0 Å². The van der Waals surface area contributed by atoms with Gasteiger partial charge in [0.1, 0.15) is 11.5 Å². The van der Waals surface area contributed by atoms with Crippen LogP contribution in [0.4, 0.5) is 11.4 Å². The lowest BCUT2D eigenvalue weighted by Crippen LogP contribution is -1.85. The summed E-state index contributed by atoms with van der Waals surface area (Å²) in [4.78, 5) is 9.02. The van der Waals surface area contributed by atoms with Crippen LogP contribution in [0.1, 0.15) is 11.1 Å². The number of methoxy groups -OCH3 is 2. The number of nitrogens with zero attached hydrogens (tertiary/aromatic N) is 2. The minimum atomic E-state index is 0.556. The standard InChI is InChI=1S/C28H22Cl2N2O2/c1-33-23-9-3-19(4-10-23)17-31-27-13-7-21(15-25(27)29)22-8-14-28(26(30)16-22)32-18-20-5-11-24(34-2)12-6-20/h3-18H,1-2H3. The van der Waals surface area contributed by atoms with Crippen molar-refractivity contribution in [2.75, 3.05) is 14.2 Å². The predicted molar refractivity (Wildman–Crippen MR) is 142 cm³/mol. The molecule has 0 spiro atoms. The topological polar surface area (TPSA) is 43.2 Å². The molecular weight excluding hydrogens is 467 g/mol. The van der Waals surface area contributed by atoms with Crippen LogP contribution in [0.5, 0.6) is 11.5 Å². The van der Waals surface area contributed by atoms with E-state index in [1.165, 1.54) is 0 Å². The van der Waals surface area contributed by atoms with Crippen molar-refractivity contribution in [2.45, 2.75) is 0 Å². The Kier molecular flexibility index (Phi) is 7.63. The van der Waals surface area contributed by atoms with Crippen molar-refractivity contribution in [1.82, 2.24) is 0 Å². The maximum atomic E-state index is 6.50. The molecular formula is C28H22Cl2N2O2. The third-order valence-corrected chi connectivity index (χ3v) is 5.77. The molecule has 4 rings (SSSR count). The molecule has 0 saturated heterocycles. The summed E-state index contributed by atoms with van der Waals surface area (Å²) in [5.41, 5.74) is 5.18. The van der Waals surface area contributed by atoms with E-state index in [0.717, 1.165) is 33.8 Å². The van der Waals surface area contributed by atoms with E-state index in [1.54, 1.807) is 26.6 Å². The molecule has 34 heavy (non-hydrogen) atoms. The SMILES string of the molecule is COc1ccc(C=Nc2ccc(-c3ccc(N=Cc4ccc(OC)cc4)c(Cl)c3)cc2Cl)cc1. The molecule has 0 amide bonds. The van der Waals surface area contributed by atoms with Crippen molar-refractivity contribution in [3.63, 3.8) is 0 Å². The molecule has 0 N–H and O–H groups in total. The van der Waals surface area contributed by atoms with E-state index in [0.29, 0.717) is 21.4 Å². The lowest BCUT2D eigenvalue weighted by atomic mass is 10.0.